The van der Waals surface area contributed by atoms with E-state index < -0.39 is 0 Å². The van der Waals surface area contributed by atoms with Gasteiger partial charge in [0, 0.05) is 33.5 Å². The molecule has 0 radical (unpaired) electrons. The second-order valence-corrected chi connectivity index (χ2v) is 11.7. The number of hydrogen-bond donors (Lipinski definition) is 0. The van der Waals surface area contributed by atoms with Gasteiger partial charge in [-0.15, -0.1) is 0 Å². The largest absolute Gasteiger partial charge is 0.310 e. The Bertz CT molecular complexity index is 2830. The highest BCUT2D eigenvalue weighted by Gasteiger charge is 2.17. The summed E-state index contributed by atoms with van der Waals surface area (Å²) in [7, 11) is 0. The molecule has 48 heavy (non-hydrogen) atoms. The summed E-state index contributed by atoms with van der Waals surface area (Å²) in [5.74, 6) is 0. The fraction of sp³-hybridized carbons (Fsp3) is 0. The van der Waals surface area contributed by atoms with E-state index in [1.165, 1.54) is 10.8 Å². The first kappa shape index (κ1) is 22.2. The van der Waals surface area contributed by atoms with Gasteiger partial charge in [-0.2, -0.15) is 0 Å². The molecule has 1 aromatic heterocycles. The van der Waals surface area contributed by atoms with Gasteiger partial charge in [-0.1, -0.05) is 139 Å². The molecule has 0 N–H and O–H groups in total. The van der Waals surface area contributed by atoms with E-state index in [1.54, 1.807) is 0 Å². The molecule has 8 aromatic carbocycles. The average Bonchev–Trinajstić information content (AvgIpc) is 3.55. The molecule has 2 nitrogen and oxygen atoms in total. The first-order chi connectivity index (χ1) is 26.3. The molecule has 0 fully saturated rings. The first-order valence-corrected chi connectivity index (χ1v) is 16.0. The van der Waals surface area contributed by atoms with Crippen LogP contribution in [0.4, 0.5) is 17.1 Å². The van der Waals surface area contributed by atoms with Crippen LogP contribution in [-0.4, -0.2) is 4.57 Å². The van der Waals surface area contributed by atoms with Crippen molar-refractivity contribution in [2.24, 2.45) is 0 Å². The first-order valence-electron chi connectivity index (χ1n) is 19.0. The van der Waals surface area contributed by atoms with Gasteiger partial charge in [-0.05, 0) is 87.6 Å². The predicted molar refractivity (Wildman–Crippen MR) is 204 cm³/mol. The summed E-state index contributed by atoms with van der Waals surface area (Å²) >= 11 is 0. The molecule has 9 aromatic rings. The van der Waals surface area contributed by atoms with Gasteiger partial charge in [0.2, 0.25) is 0 Å². The van der Waals surface area contributed by atoms with Crippen molar-refractivity contribution in [3.8, 4) is 27.9 Å². The van der Waals surface area contributed by atoms with Crippen molar-refractivity contribution >= 4 is 49.6 Å². The maximum Gasteiger partial charge on any atom is 0.0629 e. The Morgan fingerprint density at radius 2 is 0.958 bits per heavy atom. The van der Waals surface area contributed by atoms with Crippen molar-refractivity contribution < 1.29 is 8.22 Å². The van der Waals surface area contributed by atoms with E-state index in [4.69, 9.17) is 8.22 Å². The molecule has 0 bridgehead atoms. The molecule has 1 heterocycles. The molecule has 0 aliphatic rings. The number of aromatic nitrogens is 1. The van der Waals surface area contributed by atoms with Crippen LogP contribution in [0.1, 0.15) is 8.22 Å². The molecule has 0 saturated heterocycles. The van der Waals surface area contributed by atoms with Crippen molar-refractivity contribution in [2.75, 3.05) is 4.90 Å². The fourth-order valence-electron chi connectivity index (χ4n) is 6.78. The van der Waals surface area contributed by atoms with Crippen molar-refractivity contribution in [3.05, 3.63) is 194 Å². The van der Waals surface area contributed by atoms with Crippen LogP contribution in [0.3, 0.4) is 0 Å². The number of para-hydroxylation sites is 3. The van der Waals surface area contributed by atoms with E-state index in [2.05, 4.69) is 94.4 Å². The minimum Gasteiger partial charge on any atom is -0.310 e. The van der Waals surface area contributed by atoms with Crippen LogP contribution in [-0.2, 0) is 0 Å². The summed E-state index contributed by atoms with van der Waals surface area (Å²) in [6.07, 6.45) is 0. The van der Waals surface area contributed by atoms with Crippen molar-refractivity contribution in [1.29, 1.82) is 0 Å². The highest BCUT2D eigenvalue weighted by molar-refractivity contribution is 6.09. The topological polar surface area (TPSA) is 8.17 Å². The SMILES string of the molecule is [2H]c1c([2H])c(-c2ccccc2)c2c(-c3ccc(N(c4ccccc4)c4cccc(-n5c6ccccc6c6ccccc65)c4)cc3)c([2H])c([2H])c([2H])c2c1[2H]. The molecule has 0 aliphatic heterocycles. The van der Waals surface area contributed by atoms with Gasteiger partial charge in [-0.3, -0.25) is 0 Å². The number of benzene rings is 8. The monoisotopic (exact) mass is 618 g/mol. The summed E-state index contributed by atoms with van der Waals surface area (Å²) in [5.41, 5.74) is 8.02. The van der Waals surface area contributed by atoms with Gasteiger partial charge in [-0.25, -0.2) is 0 Å². The minimum absolute atomic E-state index is 0.0997. The number of nitrogens with zero attached hydrogens (tertiary/aromatic N) is 2. The summed E-state index contributed by atoms with van der Waals surface area (Å²) < 4.78 is 55.4. The highest BCUT2D eigenvalue weighted by Crippen LogP contribution is 2.40. The molecule has 226 valence electrons. The number of anilines is 3. The van der Waals surface area contributed by atoms with E-state index in [1.807, 2.05) is 72.8 Å². The van der Waals surface area contributed by atoms with Crippen LogP contribution in [0.5, 0.6) is 0 Å². The zero-order valence-corrected chi connectivity index (χ0v) is 25.9. The predicted octanol–water partition coefficient (Wildman–Crippen LogP) is 12.7. The van der Waals surface area contributed by atoms with Crippen LogP contribution in [0.25, 0.3) is 60.5 Å². The normalized spacial score (nSPS) is 13.1. The molecule has 0 aliphatic carbocycles. The molecule has 0 amide bonds. The second kappa shape index (κ2) is 11.8. The fourth-order valence-corrected chi connectivity index (χ4v) is 6.78. The van der Waals surface area contributed by atoms with Gasteiger partial charge in [0.25, 0.3) is 0 Å². The number of hydrogen-bond acceptors (Lipinski definition) is 1. The highest BCUT2D eigenvalue weighted by atomic mass is 15.1. The molecular formula is C46H32N2. The zero-order valence-electron chi connectivity index (χ0n) is 31.9. The molecule has 2 heteroatoms. The quantitative estimate of drug-likeness (QED) is 0.180. The number of fused-ring (bicyclic) bond motifs is 4. The molecule has 0 atom stereocenters. The van der Waals surface area contributed by atoms with Gasteiger partial charge in [0.05, 0.1) is 19.3 Å². The maximum atomic E-state index is 9.13. The summed E-state index contributed by atoms with van der Waals surface area (Å²) in [5, 5.41) is 2.84. The van der Waals surface area contributed by atoms with Gasteiger partial charge in [0.15, 0.2) is 0 Å². The molecule has 9 rings (SSSR count). The van der Waals surface area contributed by atoms with Crippen molar-refractivity contribution in [2.45, 2.75) is 0 Å². The van der Waals surface area contributed by atoms with Gasteiger partial charge in [0.1, 0.15) is 0 Å². The Morgan fingerprint density at radius 1 is 0.438 bits per heavy atom. The molecule has 0 unspecified atom stereocenters. The maximum absolute atomic E-state index is 9.13. The van der Waals surface area contributed by atoms with E-state index >= 15 is 0 Å². The van der Waals surface area contributed by atoms with Crippen LogP contribution in [0.15, 0.2) is 194 Å². The lowest BCUT2D eigenvalue weighted by Crippen LogP contribution is -2.10. The Hall–Kier alpha value is -6.38. The third kappa shape index (κ3) is 4.74. The lowest BCUT2D eigenvalue weighted by atomic mass is 9.91. The van der Waals surface area contributed by atoms with E-state index in [-0.39, 0.29) is 41.6 Å². The summed E-state index contributed by atoms with van der Waals surface area (Å²) in [6, 6.07) is 50.9. The Morgan fingerprint density at radius 3 is 1.60 bits per heavy atom. The Kier molecular flexibility index (Phi) is 5.44. The lowest BCUT2D eigenvalue weighted by Gasteiger charge is -2.26. The van der Waals surface area contributed by atoms with Crippen LogP contribution in [0.2, 0.25) is 0 Å². The van der Waals surface area contributed by atoms with E-state index in [9.17, 15) is 0 Å². The smallest absolute Gasteiger partial charge is 0.0629 e. The van der Waals surface area contributed by atoms with Crippen LogP contribution in [0, 0.1) is 0 Å². The average molecular weight is 619 g/mol. The lowest BCUT2D eigenvalue weighted by molar-refractivity contribution is 1.17. The summed E-state index contributed by atoms with van der Waals surface area (Å²) in [6.45, 7) is 0. The van der Waals surface area contributed by atoms with Crippen LogP contribution < -0.4 is 4.90 Å². The standard InChI is InChI=1S/C46H32N2/c1-3-14-33(15-4-1)40-24-11-16-35-17-12-25-41(46(35)40)34-28-30-37(31-29-34)47(36-18-5-2-6-19-36)38-20-13-21-39(32-38)48-44-26-9-7-22-42(44)43-23-8-10-27-45(43)48/h1-32H/i11D,12D,16D,17D,24D,25D. The second-order valence-electron chi connectivity index (χ2n) is 11.7. The minimum atomic E-state index is -0.320. The summed E-state index contributed by atoms with van der Waals surface area (Å²) in [4.78, 5) is 2.18. The zero-order chi connectivity index (χ0) is 37.1. The van der Waals surface area contributed by atoms with E-state index in [0.29, 0.717) is 27.6 Å². The Labute approximate surface area is 288 Å². The third-order valence-electron chi connectivity index (χ3n) is 8.92. The molecule has 0 spiro atoms. The van der Waals surface area contributed by atoms with Gasteiger partial charge < -0.3 is 9.47 Å². The van der Waals surface area contributed by atoms with E-state index in [0.717, 1.165) is 33.8 Å². The number of rotatable bonds is 6. The third-order valence-corrected chi connectivity index (χ3v) is 8.92. The molecular weight excluding hydrogens is 581 g/mol. The van der Waals surface area contributed by atoms with Crippen molar-refractivity contribution in [1.82, 2.24) is 4.57 Å². The van der Waals surface area contributed by atoms with Gasteiger partial charge >= 0.3 is 0 Å². The van der Waals surface area contributed by atoms with Crippen molar-refractivity contribution in [3.63, 3.8) is 0 Å². The van der Waals surface area contributed by atoms with Crippen LogP contribution >= 0.6 is 0 Å². The molecule has 0 saturated carbocycles. The Balaban J connectivity index is 1.23.